The molecule has 0 aromatic carbocycles. The molecule has 3 rings (SSSR count). The molecule has 114 valence electrons. The van der Waals surface area contributed by atoms with Crippen LogP contribution in [0, 0.1) is 17.8 Å². The highest BCUT2D eigenvalue weighted by molar-refractivity contribution is 5.80. The van der Waals surface area contributed by atoms with Crippen molar-refractivity contribution in [3.8, 4) is 0 Å². The van der Waals surface area contributed by atoms with E-state index in [1.165, 1.54) is 19.3 Å². The van der Waals surface area contributed by atoms with Gasteiger partial charge in [-0.05, 0) is 44.1 Å². The van der Waals surface area contributed by atoms with Crippen molar-refractivity contribution in [3.63, 3.8) is 0 Å². The molecule has 5 nitrogen and oxygen atoms in total. The Morgan fingerprint density at radius 3 is 2.70 bits per heavy atom. The fourth-order valence-corrected chi connectivity index (χ4v) is 4.29. The number of hydrogen-bond donors (Lipinski definition) is 3. The van der Waals surface area contributed by atoms with Gasteiger partial charge in [0.1, 0.15) is 0 Å². The van der Waals surface area contributed by atoms with E-state index in [9.17, 15) is 4.79 Å². The van der Waals surface area contributed by atoms with Gasteiger partial charge in [-0.3, -0.25) is 4.79 Å². The second-order valence-corrected chi connectivity index (χ2v) is 6.67. The molecule has 0 radical (unpaired) electrons. The number of hydrogen-bond acceptors (Lipinski definition) is 4. The highest BCUT2D eigenvalue weighted by Crippen LogP contribution is 2.47. The van der Waals surface area contributed by atoms with E-state index in [0.717, 1.165) is 45.7 Å². The van der Waals surface area contributed by atoms with Crippen LogP contribution in [0.25, 0.3) is 0 Å². The number of amides is 1. The van der Waals surface area contributed by atoms with Gasteiger partial charge in [-0.15, -0.1) is 0 Å². The fourth-order valence-electron chi connectivity index (χ4n) is 4.29. The Bertz CT molecular complexity index is 341. The largest absolute Gasteiger partial charge is 0.356 e. The molecule has 4 unspecified atom stereocenters. The maximum Gasteiger partial charge on any atom is 0.224 e. The SMILES string of the molecule is NC1C2CCC(C2)C1C(=O)NCCCN1CCNCC1. The van der Waals surface area contributed by atoms with Crippen molar-refractivity contribution in [1.82, 2.24) is 15.5 Å². The van der Waals surface area contributed by atoms with Gasteiger partial charge in [-0.1, -0.05) is 0 Å². The van der Waals surface area contributed by atoms with Crippen molar-refractivity contribution >= 4 is 5.91 Å². The number of nitrogens with zero attached hydrogens (tertiary/aromatic N) is 1. The first-order valence-corrected chi connectivity index (χ1v) is 8.22. The van der Waals surface area contributed by atoms with Crippen LogP contribution in [0.15, 0.2) is 0 Å². The molecule has 5 heteroatoms. The van der Waals surface area contributed by atoms with Crippen LogP contribution < -0.4 is 16.4 Å². The summed E-state index contributed by atoms with van der Waals surface area (Å²) in [5, 5.41) is 6.47. The average molecular weight is 280 g/mol. The summed E-state index contributed by atoms with van der Waals surface area (Å²) in [6.07, 6.45) is 4.66. The Morgan fingerprint density at radius 1 is 1.25 bits per heavy atom. The van der Waals surface area contributed by atoms with Gasteiger partial charge in [-0.25, -0.2) is 0 Å². The number of carbonyl (C=O) groups excluding carboxylic acids is 1. The van der Waals surface area contributed by atoms with Gasteiger partial charge in [0.15, 0.2) is 0 Å². The predicted octanol–water partition coefficient (Wildman–Crippen LogP) is -0.229. The van der Waals surface area contributed by atoms with Crippen molar-refractivity contribution in [2.75, 3.05) is 39.3 Å². The van der Waals surface area contributed by atoms with E-state index >= 15 is 0 Å². The average Bonchev–Trinajstić information content (AvgIpc) is 3.05. The Labute approximate surface area is 121 Å². The van der Waals surface area contributed by atoms with Gasteiger partial charge < -0.3 is 21.3 Å². The van der Waals surface area contributed by atoms with Crippen LogP contribution in [0.4, 0.5) is 0 Å². The molecule has 0 aromatic rings. The summed E-state index contributed by atoms with van der Waals surface area (Å²) in [4.78, 5) is 14.7. The monoisotopic (exact) mass is 280 g/mol. The predicted molar refractivity (Wildman–Crippen MR) is 79.2 cm³/mol. The summed E-state index contributed by atoms with van der Waals surface area (Å²) in [6, 6.07) is 0.113. The first kappa shape index (κ1) is 14.3. The quantitative estimate of drug-likeness (QED) is 0.609. The van der Waals surface area contributed by atoms with Crippen molar-refractivity contribution in [2.45, 2.75) is 31.7 Å². The number of nitrogens with one attached hydrogen (secondary N) is 2. The Kier molecular flexibility index (Phi) is 4.58. The topological polar surface area (TPSA) is 70.4 Å². The second-order valence-electron chi connectivity index (χ2n) is 6.67. The lowest BCUT2D eigenvalue weighted by Crippen LogP contribution is -2.46. The highest BCUT2D eigenvalue weighted by atomic mass is 16.1. The molecule has 0 aromatic heterocycles. The van der Waals surface area contributed by atoms with E-state index < -0.39 is 0 Å². The van der Waals surface area contributed by atoms with E-state index in [2.05, 4.69) is 15.5 Å². The molecular weight excluding hydrogens is 252 g/mol. The minimum absolute atomic E-state index is 0.0907. The number of piperazine rings is 1. The van der Waals surface area contributed by atoms with Crippen LogP contribution in [-0.4, -0.2) is 56.1 Å². The van der Waals surface area contributed by atoms with Gasteiger partial charge in [0.25, 0.3) is 0 Å². The smallest absolute Gasteiger partial charge is 0.224 e. The van der Waals surface area contributed by atoms with E-state index in [1.807, 2.05) is 0 Å². The summed E-state index contributed by atoms with van der Waals surface area (Å²) >= 11 is 0. The molecule has 4 N–H and O–H groups in total. The van der Waals surface area contributed by atoms with Crippen LogP contribution in [0.5, 0.6) is 0 Å². The van der Waals surface area contributed by atoms with Crippen LogP contribution in [-0.2, 0) is 4.79 Å². The fraction of sp³-hybridized carbons (Fsp3) is 0.933. The summed E-state index contributed by atoms with van der Waals surface area (Å²) in [5.41, 5.74) is 6.21. The molecule has 1 heterocycles. The van der Waals surface area contributed by atoms with Gasteiger partial charge in [0.2, 0.25) is 5.91 Å². The molecule has 1 saturated heterocycles. The molecule has 1 aliphatic heterocycles. The normalized spacial score (nSPS) is 37.2. The lowest BCUT2D eigenvalue weighted by Gasteiger charge is -2.28. The maximum absolute atomic E-state index is 12.3. The van der Waals surface area contributed by atoms with Crippen molar-refractivity contribution in [1.29, 1.82) is 0 Å². The van der Waals surface area contributed by atoms with Crippen molar-refractivity contribution in [3.05, 3.63) is 0 Å². The standard InChI is InChI=1S/C15H28N4O/c16-14-12-3-2-11(10-12)13(14)15(20)18-4-1-7-19-8-5-17-6-9-19/h11-14,17H,1-10,16H2,(H,18,20). The number of rotatable bonds is 5. The highest BCUT2D eigenvalue weighted by Gasteiger charge is 2.48. The minimum atomic E-state index is 0.0907. The molecule has 1 amide bonds. The Hall–Kier alpha value is -0.650. The molecule has 4 atom stereocenters. The zero-order chi connectivity index (χ0) is 13.9. The molecule has 3 fully saturated rings. The number of fused-ring (bicyclic) bond motifs is 2. The summed E-state index contributed by atoms with van der Waals surface area (Å²) in [6.45, 7) is 6.32. The molecule has 3 aliphatic rings. The van der Waals surface area contributed by atoms with Gasteiger partial charge >= 0.3 is 0 Å². The zero-order valence-electron chi connectivity index (χ0n) is 12.3. The minimum Gasteiger partial charge on any atom is -0.356 e. The van der Waals surface area contributed by atoms with Crippen molar-refractivity contribution < 1.29 is 4.79 Å². The van der Waals surface area contributed by atoms with Crippen LogP contribution >= 0.6 is 0 Å². The van der Waals surface area contributed by atoms with Gasteiger partial charge in [-0.2, -0.15) is 0 Å². The molecule has 20 heavy (non-hydrogen) atoms. The second kappa shape index (κ2) is 6.41. The van der Waals surface area contributed by atoms with E-state index in [1.54, 1.807) is 0 Å². The zero-order valence-corrected chi connectivity index (χ0v) is 12.3. The molecular formula is C15H28N4O. The number of carbonyl (C=O) groups is 1. The third-order valence-corrected chi connectivity index (χ3v) is 5.44. The lowest BCUT2D eigenvalue weighted by atomic mass is 9.84. The van der Waals surface area contributed by atoms with Gasteiger partial charge in [0.05, 0.1) is 5.92 Å². The number of nitrogens with two attached hydrogens (primary N) is 1. The van der Waals surface area contributed by atoms with Crippen LogP contribution in [0.2, 0.25) is 0 Å². The Balaban J connectivity index is 1.35. The molecule has 0 spiro atoms. The first-order valence-electron chi connectivity index (χ1n) is 8.22. The molecule has 2 saturated carbocycles. The first-order chi connectivity index (χ1) is 9.75. The van der Waals surface area contributed by atoms with Crippen LogP contribution in [0.3, 0.4) is 0 Å². The van der Waals surface area contributed by atoms with Crippen molar-refractivity contribution in [2.24, 2.45) is 23.5 Å². The summed E-state index contributed by atoms with van der Waals surface area (Å²) < 4.78 is 0. The van der Waals surface area contributed by atoms with E-state index in [-0.39, 0.29) is 17.9 Å². The van der Waals surface area contributed by atoms with Crippen LogP contribution in [0.1, 0.15) is 25.7 Å². The Morgan fingerprint density at radius 2 is 2.00 bits per heavy atom. The summed E-state index contributed by atoms with van der Waals surface area (Å²) in [5.74, 6) is 1.47. The van der Waals surface area contributed by atoms with E-state index in [4.69, 9.17) is 5.73 Å². The molecule has 2 bridgehead atoms. The van der Waals surface area contributed by atoms with Gasteiger partial charge in [0, 0.05) is 38.8 Å². The maximum atomic E-state index is 12.3. The lowest BCUT2D eigenvalue weighted by molar-refractivity contribution is -0.127. The molecule has 2 aliphatic carbocycles. The summed E-state index contributed by atoms with van der Waals surface area (Å²) in [7, 11) is 0. The third kappa shape index (κ3) is 3.00. The third-order valence-electron chi connectivity index (χ3n) is 5.44. The van der Waals surface area contributed by atoms with E-state index in [0.29, 0.717) is 11.8 Å².